The molecule has 0 radical (unpaired) electrons. The SMILES string of the molecule is O=C(Cc1ccc(Cl)cc1)NN=Cc1ccc2c(c1)OCO2. The van der Waals surface area contributed by atoms with E-state index < -0.39 is 0 Å². The van der Waals surface area contributed by atoms with Crippen molar-refractivity contribution < 1.29 is 14.3 Å². The monoisotopic (exact) mass is 316 g/mol. The van der Waals surface area contributed by atoms with Gasteiger partial charge in [-0.3, -0.25) is 4.79 Å². The summed E-state index contributed by atoms with van der Waals surface area (Å²) in [6, 6.07) is 12.6. The number of carbonyl (C=O) groups is 1. The van der Waals surface area contributed by atoms with E-state index in [1.165, 1.54) is 0 Å². The van der Waals surface area contributed by atoms with E-state index in [0.29, 0.717) is 16.5 Å². The summed E-state index contributed by atoms with van der Waals surface area (Å²) in [7, 11) is 0. The molecule has 2 aromatic carbocycles. The topological polar surface area (TPSA) is 59.9 Å². The van der Waals surface area contributed by atoms with Gasteiger partial charge in [-0.2, -0.15) is 5.10 Å². The van der Waals surface area contributed by atoms with Crippen molar-refractivity contribution in [1.29, 1.82) is 0 Å². The van der Waals surface area contributed by atoms with Gasteiger partial charge in [0.1, 0.15) is 0 Å². The average molecular weight is 317 g/mol. The molecule has 1 N–H and O–H groups in total. The number of nitrogens with one attached hydrogen (secondary N) is 1. The largest absolute Gasteiger partial charge is 0.454 e. The van der Waals surface area contributed by atoms with E-state index in [1.807, 2.05) is 18.2 Å². The first-order valence-electron chi connectivity index (χ1n) is 6.67. The number of ether oxygens (including phenoxy) is 2. The maximum Gasteiger partial charge on any atom is 0.244 e. The third-order valence-electron chi connectivity index (χ3n) is 3.08. The van der Waals surface area contributed by atoms with Crippen molar-refractivity contribution in [1.82, 2.24) is 5.43 Å². The fourth-order valence-electron chi connectivity index (χ4n) is 2.00. The number of halogens is 1. The second kappa shape index (κ2) is 6.49. The zero-order valence-electron chi connectivity index (χ0n) is 11.6. The van der Waals surface area contributed by atoms with Crippen molar-refractivity contribution in [2.45, 2.75) is 6.42 Å². The highest BCUT2D eigenvalue weighted by Gasteiger charge is 2.12. The predicted molar refractivity (Wildman–Crippen MR) is 83.5 cm³/mol. The Kier molecular flexibility index (Phi) is 4.25. The Morgan fingerprint density at radius 2 is 1.95 bits per heavy atom. The van der Waals surface area contributed by atoms with Crippen molar-refractivity contribution in [2.24, 2.45) is 5.10 Å². The molecule has 0 saturated heterocycles. The molecule has 2 aromatic rings. The van der Waals surface area contributed by atoms with Gasteiger partial charge in [0.05, 0.1) is 12.6 Å². The molecule has 0 spiro atoms. The Morgan fingerprint density at radius 1 is 1.18 bits per heavy atom. The molecule has 1 amide bonds. The van der Waals surface area contributed by atoms with Crippen LogP contribution in [-0.2, 0) is 11.2 Å². The lowest BCUT2D eigenvalue weighted by atomic mass is 10.1. The van der Waals surface area contributed by atoms with Crippen LogP contribution in [0, 0.1) is 0 Å². The smallest absolute Gasteiger partial charge is 0.244 e. The Balaban J connectivity index is 1.55. The van der Waals surface area contributed by atoms with Crippen molar-refractivity contribution in [3.05, 3.63) is 58.6 Å². The molecule has 6 heteroatoms. The highest BCUT2D eigenvalue weighted by Crippen LogP contribution is 2.31. The molecule has 3 rings (SSSR count). The van der Waals surface area contributed by atoms with E-state index in [9.17, 15) is 4.79 Å². The molecule has 0 saturated carbocycles. The van der Waals surface area contributed by atoms with Crippen LogP contribution in [0.1, 0.15) is 11.1 Å². The minimum atomic E-state index is -0.195. The summed E-state index contributed by atoms with van der Waals surface area (Å²) in [5.74, 6) is 1.19. The number of nitrogens with zero attached hydrogens (tertiary/aromatic N) is 1. The molecular formula is C16H13ClN2O3. The fraction of sp³-hybridized carbons (Fsp3) is 0.125. The molecule has 0 aromatic heterocycles. The summed E-state index contributed by atoms with van der Waals surface area (Å²) in [5, 5.41) is 4.58. The number of fused-ring (bicyclic) bond motifs is 1. The number of amides is 1. The first-order valence-corrected chi connectivity index (χ1v) is 7.04. The van der Waals surface area contributed by atoms with Crippen LogP contribution in [0.2, 0.25) is 5.02 Å². The van der Waals surface area contributed by atoms with E-state index in [0.717, 1.165) is 11.1 Å². The third kappa shape index (κ3) is 3.56. The predicted octanol–water partition coefficient (Wildman–Crippen LogP) is 2.76. The lowest BCUT2D eigenvalue weighted by Crippen LogP contribution is -2.19. The van der Waals surface area contributed by atoms with Gasteiger partial charge in [0.25, 0.3) is 0 Å². The lowest BCUT2D eigenvalue weighted by Gasteiger charge is -2.01. The van der Waals surface area contributed by atoms with Gasteiger partial charge in [0, 0.05) is 5.02 Å². The zero-order chi connectivity index (χ0) is 15.4. The van der Waals surface area contributed by atoms with Crippen molar-refractivity contribution in [3.63, 3.8) is 0 Å². The lowest BCUT2D eigenvalue weighted by molar-refractivity contribution is -0.120. The van der Waals surface area contributed by atoms with E-state index >= 15 is 0 Å². The zero-order valence-corrected chi connectivity index (χ0v) is 12.3. The van der Waals surface area contributed by atoms with Gasteiger partial charge in [0.2, 0.25) is 12.7 Å². The van der Waals surface area contributed by atoms with Crippen LogP contribution >= 0.6 is 11.6 Å². The third-order valence-corrected chi connectivity index (χ3v) is 3.33. The molecule has 1 heterocycles. The Labute approximate surface area is 132 Å². The summed E-state index contributed by atoms with van der Waals surface area (Å²) in [6.45, 7) is 0.230. The van der Waals surface area contributed by atoms with Crippen molar-refractivity contribution in [2.75, 3.05) is 6.79 Å². The van der Waals surface area contributed by atoms with Crippen LogP contribution in [0.4, 0.5) is 0 Å². The standard InChI is InChI=1S/C16H13ClN2O3/c17-13-4-1-11(2-5-13)8-16(20)19-18-9-12-3-6-14-15(7-12)22-10-21-14/h1-7,9H,8,10H2,(H,19,20). The number of hydrogen-bond acceptors (Lipinski definition) is 4. The van der Waals surface area contributed by atoms with Gasteiger partial charge in [-0.05, 0) is 41.5 Å². The van der Waals surface area contributed by atoms with Crippen LogP contribution in [0.25, 0.3) is 0 Å². The van der Waals surface area contributed by atoms with Gasteiger partial charge >= 0.3 is 0 Å². The number of carbonyl (C=O) groups excluding carboxylic acids is 1. The molecule has 5 nitrogen and oxygen atoms in total. The van der Waals surface area contributed by atoms with Crippen molar-refractivity contribution >= 4 is 23.7 Å². The number of benzene rings is 2. The fourth-order valence-corrected chi connectivity index (χ4v) is 2.13. The molecule has 112 valence electrons. The maximum atomic E-state index is 11.8. The molecule has 0 fully saturated rings. The molecular weight excluding hydrogens is 304 g/mol. The van der Waals surface area contributed by atoms with Gasteiger partial charge in [0.15, 0.2) is 11.5 Å². The van der Waals surface area contributed by atoms with Gasteiger partial charge in [-0.15, -0.1) is 0 Å². The average Bonchev–Trinajstić information content (AvgIpc) is 2.97. The molecule has 1 aliphatic rings. The molecule has 0 atom stereocenters. The summed E-state index contributed by atoms with van der Waals surface area (Å²) < 4.78 is 10.5. The summed E-state index contributed by atoms with van der Waals surface area (Å²) in [6.07, 6.45) is 1.80. The molecule has 0 unspecified atom stereocenters. The second-order valence-corrected chi connectivity index (χ2v) is 5.15. The van der Waals surface area contributed by atoms with E-state index in [4.69, 9.17) is 21.1 Å². The van der Waals surface area contributed by atoms with Crippen LogP contribution in [-0.4, -0.2) is 18.9 Å². The molecule has 0 bridgehead atoms. The first kappa shape index (κ1) is 14.4. The molecule has 22 heavy (non-hydrogen) atoms. The van der Waals surface area contributed by atoms with E-state index in [-0.39, 0.29) is 19.1 Å². The van der Waals surface area contributed by atoms with Crippen LogP contribution in [0.15, 0.2) is 47.6 Å². The number of hydrogen-bond donors (Lipinski definition) is 1. The molecule has 1 aliphatic heterocycles. The maximum absolute atomic E-state index is 11.8. The van der Waals surface area contributed by atoms with Gasteiger partial charge in [-0.25, -0.2) is 5.43 Å². The van der Waals surface area contributed by atoms with E-state index in [1.54, 1.807) is 30.5 Å². The Morgan fingerprint density at radius 3 is 2.77 bits per heavy atom. The van der Waals surface area contributed by atoms with Crippen LogP contribution < -0.4 is 14.9 Å². The van der Waals surface area contributed by atoms with Crippen LogP contribution in [0.5, 0.6) is 11.5 Å². The highest BCUT2D eigenvalue weighted by molar-refractivity contribution is 6.30. The normalized spacial score (nSPS) is 12.6. The van der Waals surface area contributed by atoms with Gasteiger partial charge in [-0.1, -0.05) is 23.7 Å². The number of rotatable bonds is 4. The highest BCUT2D eigenvalue weighted by atomic mass is 35.5. The number of hydrazone groups is 1. The summed E-state index contributed by atoms with van der Waals surface area (Å²) in [5.41, 5.74) is 4.18. The second-order valence-electron chi connectivity index (χ2n) is 4.71. The Hall–Kier alpha value is -2.53. The molecule has 0 aliphatic carbocycles. The quantitative estimate of drug-likeness (QED) is 0.697. The summed E-state index contributed by atoms with van der Waals surface area (Å²) >= 11 is 5.80. The summed E-state index contributed by atoms with van der Waals surface area (Å²) in [4.78, 5) is 11.8. The Bertz CT molecular complexity index is 714. The van der Waals surface area contributed by atoms with Crippen molar-refractivity contribution in [3.8, 4) is 11.5 Å². The first-order chi connectivity index (χ1) is 10.7. The van der Waals surface area contributed by atoms with Crippen LogP contribution in [0.3, 0.4) is 0 Å². The minimum Gasteiger partial charge on any atom is -0.454 e. The minimum absolute atomic E-state index is 0.195. The van der Waals surface area contributed by atoms with Gasteiger partial charge < -0.3 is 9.47 Å². The van der Waals surface area contributed by atoms with E-state index in [2.05, 4.69) is 10.5 Å².